The van der Waals surface area contributed by atoms with E-state index < -0.39 is 6.43 Å². The molecule has 96 valence electrons. The summed E-state index contributed by atoms with van der Waals surface area (Å²) in [6.07, 6.45) is 0.514. The molecule has 0 unspecified atom stereocenters. The van der Waals surface area contributed by atoms with E-state index in [9.17, 15) is 8.78 Å². The van der Waals surface area contributed by atoms with Gasteiger partial charge in [0.25, 0.3) is 6.43 Å². The Labute approximate surface area is 116 Å². The van der Waals surface area contributed by atoms with E-state index in [2.05, 4.69) is 25.9 Å². The van der Waals surface area contributed by atoms with Crippen molar-refractivity contribution in [3.63, 3.8) is 0 Å². The highest BCUT2D eigenvalue weighted by Gasteiger charge is 2.12. The maximum atomic E-state index is 12.7. The minimum absolute atomic E-state index is 0.0400. The van der Waals surface area contributed by atoms with Crippen molar-refractivity contribution in [3.8, 4) is 11.4 Å². The van der Waals surface area contributed by atoms with Gasteiger partial charge < -0.3 is 0 Å². The molecule has 3 aromatic heterocycles. The van der Waals surface area contributed by atoms with Crippen LogP contribution in [0.15, 0.2) is 47.3 Å². The molecule has 19 heavy (non-hydrogen) atoms. The molecule has 6 heteroatoms. The van der Waals surface area contributed by atoms with E-state index in [1.807, 2.05) is 12.1 Å². The van der Waals surface area contributed by atoms with Gasteiger partial charge in [-0.05, 0) is 40.2 Å². The SMILES string of the molecule is FC(F)c1ccc2ncc(-c3cccc(Br)n3)n2c1. The predicted molar refractivity (Wildman–Crippen MR) is 71.1 cm³/mol. The Hall–Kier alpha value is -1.82. The van der Waals surface area contributed by atoms with E-state index in [4.69, 9.17) is 0 Å². The van der Waals surface area contributed by atoms with Crippen LogP contribution >= 0.6 is 15.9 Å². The Kier molecular flexibility index (Phi) is 3.02. The van der Waals surface area contributed by atoms with Gasteiger partial charge in [0.2, 0.25) is 0 Å². The summed E-state index contributed by atoms with van der Waals surface area (Å²) in [4.78, 5) is 8.50. The molecule has 0 saturated carbocycles. The van der Waals surface area contributed by atoms with Crippen LogP contribution in [0.2, 0.25) is 0 Å². The molecule has 0 aliphatic heterocycles. The zero-order valence-electron chi connectivity index (χ0n) is 9.59. The van der Waals surface area contributed by atoms with Crippen LogP contribution in [-0.2, 0) is 0 Å². The summed E-state index contributed by atoms with van der Waals surface area (Å²) in [7, 11) is 0. The Balaban J connectivity index is 2.21. The molecule has 0 fully saturated rings. The Bertz CT molecular complexity index is 740. The van der Waals surface area contributed by atoms with Crippen molar-refractivity contribution < 1.29 is 8.78 Å². The zero-order chi connectivity index (χ0) is 13.4. The van der Waals surface area contributed by atoms with Crippen LogP contribution in [-0.4, -0.2) is 14.4 Å². The number of fused-ring (bicyclic) bond motifs is 1. The highest BCUT2D eigenvalue weighted by molar-refractivity contribution is 9.10. The first-order valence-electron chi connectivity index (χ1n) is 5.53. The summed E-state index contributed by atoms with van der Waals surface area (Å²) in [5.74, 6) is 0. The number of imidazole rings is 1. The second-order valence-electron chi connectivity index (χ2n) is 3.98. The fourth-order valence-electron chi connectivity index (χ4n) is 1.87. The third-order valence-electron chi connectivity index (χ3n) is 2.76. The third-order valence-corrected chi connectivity index (χ3v) is 3.20. The number of alkyl halides is 2. The number of halogens is 3. The van der Waals surface area contributed by atoms with E-state index in [1.54, 1.807) is 22.7 Å². The predicted octanol–water partition coefficient (Wildman–Crippen LogP) is 4.10. The second-order valence-corrected chi connectivity index (χ2v) is 4.79. The van der Waals surface area contributed by atoms with Crippen molar-refractivity contribution in [1.82, 2.24) is 14.4 Å². The van der Waals surface area contributed by atoms with Crippen molar-refractivity contribution in [3.05, 3.63) is 52.9 Å². The van der Waals surface area contributed by atoms with Crippen molar-refractivity contribution in [1.29, 1.82) is 0 Å². The monoisotopic (exact) mass is 323 g/mol. The van der Waals surface area contributed by atoms with Gasteiger partial charge in [-0.25, -0.2) is 18.7 Å². The molecule has 0 aliphatic rings. The van der Waals surface area contributed by atoms with Crippen LogP contribution in [0.1, 0.15) is 12.0 Å². The van der Waals surface area contributed by atoms with Gasteiger partial charge in [0.15, 0.2) is 0 Å². The van der Waals surface area contributed by atoms with Crippen LogP contribution in [0, 0.1) is 0 Å². The van der Waals surface area contributed by atoms with E-state index in [0.29, 0.717) is 21.6 Å². The molecule has 0 aliphatic carbocycles. The fraction of sp³-hybridized carbons (Fsp3) is 0.0769. The van der Waals surface area contributed by atoms with Gasteiger partial charge in [0, 0.05) is 11.8 Å². The lowest BCUT2D eigenvalue weighted by Gasteiger charge is -2.04. The average Bonchev–Trinajstić information content (AvgIpc) is 2.81. The molecule has 0 radical (unpaired) electrons. The minimum atomic E-state index is -2.50. The van der Waals surface area contributed by atoms with Crippen LogP contribution in [0.5, 0.6) is 0 Å². The first kappa shape index (κ1) is 12.2. The quantitative estimate of drug-likeness (QED) is 0.665. The smallest absolute Gasteiger partial charge is 0.265 e. The summed E-state index contributed by atoms with van der Waals surface area (Å²) in [6.45, 7) is 0. The van der Waals surface area contributed by atoms with Crippen molar-refractivity contribution in [2.75, 3.05) is 0 Å². The summed E-state index contributed by atoms with van der Waals surface area (Å²) in [6, 6.07) is 8.40. The topological polar surface area (TPSA) is 30.2 Å². The van der Waals surface area contributed by atoms with E-state index in [0.717, 1.165) is 0 Å². The largest absolute Gasteiger partial charge is 0.298 e. The summed E-state index contributed by atoms with van der Waals surface area (Å²) in [5.41, 5.74) is 1.93. The third kappa shape index (κ3) is 2.23. The molecular formula is C13H8BrF2N3. The molecule has 0 bridgehead atoms. The lowest BCUT2D eigenvalue weighted by Crippen LogP contribution is -1.94. The normalized spacial score (nSPS) is 11.4. The van der Waals surface area contributed by atoms with Gasteiger partial charge in [0.1, 0.15) is 10.3 Å². The molecule has 0 saturated heterocycles. The highest BCUT2D eigenvalue weighted by Crippen LogP contribution is 2.24. The molecule has 3 nitrogen and oxygen atoms in total. The van der Waals surface area contributed by atoms with Crippen LogP contribution < -0.4 is 0 Å². The summed E-state index contributed by atoms with van der Waals surface area (Å²) in [5, 5.41) is 0. The van der Waals surface area contributed by atoms with Gasteiger partial charge in [-0.1, -0.05) is 6.07 Å². The van der Waals surface area contributed by atoms with E-state index >= 15 is 0 Å². The van der Waals surface area contributed by atoms with Crippen molar-refractivity contribution >= 4 is 21.6 Å². The van der Waals surface area contributed by atoms with Gasteiger partial charge in [-0.2, -0.15) is 0 Å². The lowest BCUT2D eigenvalue weighted by atomic mass is 10.2. The maximum Gasteiger partial charge on any atom is 0.265 e. The van der Waals surface area contributed by atoms with Crippen molar-refractivity contribution in [2.24, 2.45) is 0 Å². The maximum absolute atomic E-state index is 12.7. The Morgan fingerprint density at radius 3 is 2.74 bits per heavy atom. The van der Waals surface area contributed by atoms with Crippen LogP contribution in [0.3, 0.4) is 0 Å². The lowest BCUT2D eigenvalue weighted by molar-refractivity contribution is 0.151. The number of nitrogens with zero attached hydrogens (tertiary/aromatic N) is 3. The van der Waals surface area contributed by atoms with Gasteiger partial charge in [-0.15, -0.1) is 0 Å². The van der Waals surface area contributed by atoms with Gasteiger partial charge >= 0.3 is 0 Å². The average molecular weight is 324 g/mol. The summed E-state index contributed by atoms with van der Waals surface area (Å²) < 4.78 is 27.8. The molecule has 3 rings (SSSR count). The minimum Gasteiger partial charge on any atom is -0.298 e. The number of hydrogen-bond donors (Lipinski definition) is 0. The number of aromatic nitrogens is 3. The molecule has 3 heterocycles. The van der Waals surface area contributed by atoms with Crippen molar-refractivity contribution in [2.45, 2.75) is 6.43 Å². The van der Waals surface area contributed by atoms with Crippen LogP contribution in [0.25, 0.3) is 17.0 Å². The Morgan fingerprint density at radius 1 is 1.16 bits per heavy atom. The summed E-state index contributed by atoms with van der Waals surface area (Å²) >= 11 is 3.29. The van der Waals surface area contributed by atoms with Gasteiger partial charge in [-0.3, -0.25) is 4.40 Å². The number of pyridine rings is 2. The van der Waals surface area contributed by atoms with E-state index in [1.165, 1.54) is 12.3 Å². The van der Waals surface area contributed by atoms with Gasteiger partial charge in [0.05, 0.1) is 17.6 Å². The molecular weight excluding hydrogens is 316 g/mol. The molecule has 3 aromatic rings. The Morgan fingerprint density at radius 2 is 2.00 bits per heavy atom. The molecule has 0 N–H and O–H groups in total. The highest BCUT2D eigenvalue weighted by atomic mass is 79.9. The second kappa shape index (κ2) is 4.70. The zero-order valence-corrected chi connectivity index (χ0v) is 11.2. The molecule has 0 amide bonds. The van der Waals surface area contributed by atoms with Crippen LogP contribution in [0.4, 0.5) is 8.78 Å². The number of hydrogen-bond acceptors (Lipinski definition) is 2. The first-order valence-corrected chi connectivity index (χ1v) is 6.32. The molecule has 0 aromatic carbocycles. The molecule has 0 atom stereocenters. The fourth-order valence-corrected chi connectivity index (χ4v) is 2.21. The van der Waals surface area contributed by atoms with E-state index in [-0.39, 0.29) is 5.56 Å². The standard InChI is InChI=1S/C13H8BrF2N3/c14-11-3-1-2-9(18-11)10-6-17-12-5-4-8(13(15)16)7-19(10)12/h1-7,13H. The first-order chi connectivity index (χ1) is 9.15. The molecule has 0 spiro atoms. The number of rotatable bonds is 2.